The van der Waals surface area contributed by atoms with E-state index in [2.05, 4.69) is 21.1 Å². The molecule has 0 aromatic carbocycles. The molecule has 0 radical (unpaired) electrons. The van der Waals surface area contributed by atoms with Crippen molar-refractivity contribution in [1.29, 1.82) is 0 Å². The standard InChI is InChI=1S/C37H68N4O11/c1-30(2)41-52-28-31(42)18-17-23-38-35(45)29-51-27-26-50-25-24-39-33(43)22-21-32(37(48)49)40-34(44)19-15-13-11-9-7-5-3-4-6-8-10-12-14-16-20-36(46)47/h32,34,40,44H,3-29H2,1-2H3,(H,38,45)(H,39,43)(H,46,47)(H,48,49)/t32-,34?/m0/s1. The number of oxime groups is 1. The number of carboxylic acids is 2. The van der Waals surface area contributed by atoms with E-state index < -0.39 is 24.2 Å². The molecule has 0 aliphatic rings. The highest BCUT2D eigenvalue weighted by Gasteiger charge is 2.21. The van der Waals surface area contributed by atoms with E-state index in [0.29, 0.717) is 19.4 Å². The van der Waals surface area contributed by atoms with Crippen LogP contribution in [0.4, 0.5) is 0 Å². The number of nitrogens with zero attached hydrogens (tertiary/aromatic N) is 1. The van der Waals surface area contributed by atoms with Gasteiger partial charge < -0.3 is 40.3 Å². The molecule has 0 heterocycles. The average molecular weight is 745 g/mol. The zero-order chi connectivity index (χ0) is 38.7. The Hall–Kier alpha value is -3.14. The molecule has 0 aliphatic carbocycles. The molecular formula is C37H68N4O11. The fourth-order valence-electron chi connectivity index (χ4n) is 5.21. The van der Waals surface area contributed by atoms with Crippen LogP contribution in [-0.4, -0.2) is 109 Å². The first-order chi connectivity index (χ1) is 25.0. The SMILES string of the molecule is CC(C)=NOCC(=O)CCCNC(=O)COCCOCCNC(=O)CC[C@H](NC(O)CCCCCCCCCCCCCCCCC(=O)O)C(=O)O. The molecule has 6 N–H and O–H groups in total. The number of aliphatic hydroxyl groups excluding tert-OH is 1. The molecule has 2 amide bonds. The second kappa shape index (κ2) is 34.9. The van der Waals surface area contributed by atoms with Gasteiger partial charge in [0, 0.05) is 32.4 Å². The smallest absolute Gasteiger partial charge is 0.320 e. The molecule has 2 atom stereocenters. The molecule has 0 rings (SSSR count). The van der Waals surface area contributed by atoms with Gasteiger partial charge in [0.25, 0.3) is 0 Å². The van der Waals surface area contributed by atoms with Crippen molar-refractivity contribution in [3.63, 3.8) is 0 Å². The Morgan fingerprint density at radius 1 is 0.596 bits per heavy atom. The van der Waals surface area contributed by atoms with Crippen LogP contribution in [0, 0.1) is 0 Å². The number of hydrogen-bond acceptors (Lipinski definition) is 11. The number of hydrogen-bond donors (Lipinski definition) is 6. The summed E-state index contributed by atoms with van der Waals surface area (Å²) in [5.74, 6) is -2.54. The Labute approximate surface area is 310 Å². The third-order valence-corrected chi connectivity index (χ3v) is 8.07. The third kappa shape index (κ3) is 35.3. The number of aliphatic carboxylic acids is 2. The highest BCUT2D eigenvalue weighted by atomic mass is 16.6. The molecule has 0 aromatic rings. The van der Waals surface area contributed by atoms with Crippen molar-refractivity contribution in [3.05, 3.63) is 0 Å². The lowest BCUT2D eigenvalue weighted by Gasteiger charge is -2.19. The Morgan fingerprint density at radius 3 is 1.73 bits per heavy atom. The highest BCUT2D eigenvalue weighted by molar-refractivity contribution is 5.81. The molecule has 0 bridgehead atoms. The minimum atomic E-state index is -1.12. The lowest BCUT2D eigenvalue weighted by Crippen LogP contribution is -2.44. The largest absolute Gasteiger partial charge is 0.481 e. The number of amides is 2. The highest BCUT2D eigenvalue weighted by Crippen LogP contribution is 2.14. The number of rotatable bonds is 38. The van der Waals surface area contributed by atoms with E-state index in [-0.39, 0.29) is 82.9 Å². The summed E-state index contributed by atoms with van der Waals surface area (Å²) in [4.78, 5) is 62.6. The van der Waals surface area contributed by atoms with Gasteiger partial charge in [0.15, 0.2) is 12.4 Å². The third-order valence-electron chi connectivity index (χ3n) is 8.07. The van der Waals surface area contributed by atoms with E-state index >= 15 is 0 Å². The van der Waals surface area contributed by atoms with Crippen LogP contribution in [0.25, 0.3) is 0 Å². The lowest BCUT2D eigenvalue weighted by molar-refractivity contribution is -0.141. The van der Waals surface area contributed by atoms with Gasteiger partial charge in [0.05, 0.1) is 25.5 Å². The first-order valence-electron chi connectivity index (χ1n) is 19.2. The number of ether oxygens (including phenoxy) is 2. The number of unbranched alkanes of at least 4 members (excludes halogenated alkanes) is 13. The quantitative estimate of drug-likeness (QED) is 0.0223. The number of carboxylic acid groups (broad SMARTS) is 2. The van der Waals surface area contributed by atoms with Crippen LogP contribution >= 0.6 is 0 Å². The first kappa shape index (κ1) is 48.9. The molecule has 302 valence electrons. The summed E-state index contributed by atoms with van der Waals surface area (Å²) in [5, 5.41) is 40.2. The second-order valence-electron chi connectivity index (χ2n) is 13.3. The maximum Gasteiger partial charge on any atom is 0.320 e. The Morgan fingerprint density at radius 2 is 1.15 bits per heavy atom. The molecule has 0 aromatic heterocycles. The van der Waals surface area contributed by atoms with Crippen molar-refractivity contribution in [2.75, 3.05) is 46.1 Å². The van der Waals surface area contributed by atoms with Crippen LogP contribution in [0.5, 0.6) is 0 Å². The predicted molar refractivity (Wildman–Crippen MR) is 198 cm³/mol. The van der Waals surface area contributed by atoms with Crippen LogP contribution in [0.3, 0.4) is 0 Å². The van der Waals surface area contributed by atoms with E-state index in [1.54, 1.807) is 13.8 Å². The number of aliphatic hydroxyl groups is 1. The summed E-state index contributed by atoms with van der Waals surface area (Å²) < 4.78 is 10.6. The lowest BCUT2D eigenvalue weighted by atomic mass is 10.0. The molecular weight excluding hydrogens is 676 g/mol. The number of nitrogens with one attached hydrogen (secondary N) is 3. The maximum absolute atomic E-state index is 12.2. The van der Waals surface area contributed by atoms with Crippen molar-refractivity contribution in [2.24, 2.45) is 5.16 Å². The van der Waals surface area contributed by atoms with Crippen molar-refractivity contribution >= 4 is 35.2 Å². The number of ketones is 1. The minimum Gasteiger partial charge on any atom is -0.481 e. The van der Waals surface area contributed by atoms with Gasteiger partial charge in [0.2, 0.25) is 11.8 Å². The Kier molecular flexibility index (Phi) is 32.8. The fourth-order valence-corrected chi connectivity index (χ4v) is 5.21. The van der Waals surface area contributed by atoms with Gasteiger partial charge in [-0.2, -0.15) is 0 Å². The minimum absolute atomic E-state index is 0.0153. The topological polar surface area (TPSA) is 222 Å². The fraction of sp³-hybridized carbons (Fsp3) is 0.838. The van der Waals surface area contributed by atoms with E-state index in [9.17, 15) is 34.2 Å². The van der Waals surface area contributed by atoms with Crippen LogP contribution < -0.4 is 16.0 Å². The van der Waals surface area contributed by atoms with E-state index in [0.717, 1.165) is 50.7 Å². The Bertz CT molecular complexity index is 993. The summed E-state index contributed by atoms with van der Waals surface area (Å²) in [6.07, 6.45) is 16.0. The molecule has 1 unspecified atom stereocenters. The number of carbonyl (C=O) groups excluding carboxylic acids is 3. The van der Waals surface area contributed by atoms with Gasteiger partial charge in [-0.25, -0.2) is 0 Å². The summed E-state index contributed by atoms with van der Waals surface area (Å²) in [5.41, 5.74) is 0.723. The van der Waals surface area contributed by atoms with Gasteiger partial charge >= 0.3 is 11.9 Å². The van der Waals surface area contributed by atoms with E-state index in [1.165, 1.54) is 44.9 Å². The molecule has 0 spiro atoms. The predicted octanol–water partition coefficient (Wildman–Crippen LogP) is 4.48. The van der Waals surface area contributed by atoms with E-state index in [1.807, 2.05) is 0 Å². The first-order valence-corrected chi connectivity index (χ1v) is 19.2. The Balaban J connectivity index is 3.70. The normalized spacial score (nSPS) is 12.1. The molecule has 0 saturated carbocycles. The van der Waals surface area contributed by atoms with Gasteiger partial charge in [0.1, 0.15) is 18.9 Å². The van der Waals surface area contributed by atoms with Gasteiger partial charge in [-0.1, -0.05) is 82.2 Å². The van der Waals surface area contributed by atoms with Crippen LogP contribution in [0.2, 0.25) is 0 Å². The van der Waals surface area contributed by atoms with Crippen molar-refractivity contribution in [2.45, 2.75) is 155 Å². The van der Waals surface area contributed by atoms with Crippen molar-refractivity contribution in [3.8, 4) is 0 Å². The molecule has 0 fully saturated rings. The second-order valence-corrected chi connectivity index (χ2v) is 13.3. The van der Waals surface area contributed by atoms with Gasteiger partial charge in [-0.05, 0) is 46.0 Å². The average Bonchev–Trinajstić information content (AvgIpc) is 3.09. The number of Topliss-reactive ketones (excluding diaryl/α,β-unsaturated/α-hetero) is 1. The van der Waals surface area contributed by atoms with Crippen LogP contribution in [0.1, 0.15) is 142 Å². The van der Waals surface area contributed by atoms with Crippen molar-refractivity contribution in [1.82, 2.24) is 16.0 Å². The molecule has 0 aliphatic heterocycles. The summed E-state index contributed by atoms with van der Waals surface area (Å²) in [7, 11) is 0. The monoisotopic (exact) mass is 744 g/mol. The zero-order valence-corrected chi connectivity index (χ0v) is 31.8. The van der Waals surface area contributed by atoms with E-state index in [4.69, 9.17) is 19.4 Å². The van der Waals surface area contributed by atoms with Gasteiger partial charge in [-0.15, -0.1) is 0 Å². The summed E-state index contributed by atoms with van der Waals surface area (Å²) in [6.45, 7) is 4.51. The van der Waals surface area contributed by atoms with Crippen LogP contribution in [0.15, 0.2) is 5.16 Å². The zero-order valence-electron chi connectivity index (χ0n) is 31.8. The van der Waals surface area contributed by atoms with Crippen molar-refractivity contribution < 1.29 is 53.6 Å². The number of carbonyl (C=O) groups is 5. The summed E-state index contributed by atoms with van der Waals surface area (Å²) in [6, 6.07) is -1.03. The molecule has 15 nitrogen and oxygen atoms in total. The van der Waals surface area contributed by atoms with Gasteiger partial charge in [-0.3, -0.25) is 29.3 Å². The molecule has 52 heavy (non-hydrogen) atoms. The molecule has 15 heteroatoms. The van der Waals surface area contributed by atoms with Crippen LogP contribution in [-0.2, 0) is 38.3 Å². The maximum atomic E-state index is 12.2. The molecule has 0 saturated heterocycles. The summed E-state index contributed by atoms with van der Waals surface area (Å²) >= 11 is 0.